The number of quaternary nitrogens is 1. The van der Waals surface area contributed by atoms with Crippen LogP contribution < -0.4 is 0 Å². The molecule has 0 aliphatic carbocycles. The monoisotopic (exact) mass is 213 g/mol. The van der Waals surface area contributed by atoms with E-state index >= 15 is 0 Å². The van der Waals surface area contributed by atoms with Gasteiger partial charge in [-0.1, -0.05) is 0 Å². The van der Waals surface area contributed by atoms with Gasteiger partial charge in [0.1, 0.15) is 20.0 Å². The van der Waals surface area contributed by atoms with Crippen LogP contribution in [-0.4, -0.2) is 76.8 Å². The molecule has 0 radical (unpaired) electrons. The SMILES string of the molecule is O=C(O)CC[N+]12CN3CN(CN(C3)C1)C2. The third-order valence-corrected chi connectivity index (χ3v) is 3.50. The summed E-state index contributed by atoms with van der Waals surface area (Å²) >= 11 is 0. The van der Waals surface area contributed by atoms with Crippen LogP contribution in [0.1, 0.15) is 6.42 Å². The average molecular weight is 213 g/mol. The maximum atomic E-state index is 10.6. The van der Waals surface area contributed by atoms with Crippen LogP contribution in [0.25, 0.3) is 0 Å². The molecule has 4 rings (SSSR count). The largest absolute Gasteiger partial charge is 0.481 e. The van der Waals surface area contributed by atoms with E-state index in [2.05, 4.69) is 14.7 Å². The molecule has 0 aromatic rings. The predicted molar refractivity (Wildman–Crippen MR) is 52.1 cm³/mol. The molecular weight excluding hydrogens is 196 g/mol. The van der Waals surface area contributed by atoms with Gasteiger partial charge in [0.15, 0.2) is 0 Å². The smallest absolute Gasteiger partial charge is 0.309 e. The Morgan fingerprint density at radius 2 is 1.53 bits per heavy atom. The number of nitrogens with zero attached hydrogens (tertiary/aromatic N) is 4. The highest BCUT2D eigenvalue weighted by atomic mass is 16.4. The summed E-state index contributed by atoms with van der Waals surface area (Å²) in [5, 5.41) is 8.76. The molecular formula is C9H17N4O2+. The molecule has 0 aromatic carbocycles. The fraction of sp³-hybridized carbons (Fsp3) is 0.889. The minimum Gasteiger partial charge on any atom is -0.481 e. The first kappa shape index (κ1) is 9.53. The average Bonchev–Trinajstić information content (AvgIpc) is 2.12. The first-order chi connectivity index (χ1) is 7.15. The lowest BCUT2D eigenvalue weighted by atomic mass is 10.2. The Labute approximate surface area is 88.8 Å². The van der Waals surface area contributed by atoms with E-state index in [-0.39, 0.29) is 6.42 Å². The van der Waals surface area contributed by atoms with Crippen molar-refractivity contribution in [3.63, 3.8) is 0 Å². The summed E-state index contributed by atoms with van der Waals surface area (Å²) in [5.74, 6) is -0.677. The van der Waals surface area contributed by atoms with Crippen molar-refractivity contribution in [1.29, 1.82) is 0 Å². The van der Waals surface area contributed by atoms with Crippen LogP contribution in [0.15, 0.2) is 0 Å². The van der Waals surface area contributed by atoms with Crippen molar-refractivity contribution in [3.8, 4) is 0 Å². The van der Waals surface area contributed by atoms with Crippen LogP contribution >= 0.6 is 0 Å². The lowest BCUT2D eigenvalue weighted by molar-refractivity contribution is -0.979. The second-order valence-corrected chi connectivity index (χ2v) is 5.07. The molecule has 0 atom stereocenters. The van der Waals surface area contributed by atoms with Gasteiger partial charge in [0.05, 0.1) is 33.0 Å². The van der Waals surface area contributed by atoms with Crippen molar-refractivity contribution >= 4 is 5.97 Å². The lowest BCUT2D eigenvalue weighted by Gasteiger charge is -2.60. The van der Waals surface area contributed by atoms with Gasteiger partial charge in [0.25, 0.3) is 0 Å². The molecule has 0 unspecified atom stereocenters. The normalized spacial score (nSPS) is 47.1. The van der Waals surface area contributed by atoms with E-state index in [9.17, 15) is 4.79 Å². The summed E-state index contributed by atoms with van der Waals surface area (Å²) in [4.78, 5) is 17.8. The highest BCUT2D eigenvalue weighted by molar-refractivity contribution is 5.66. The van der Waals surface area contributed by atoms with E-state index in [4.69, 9.17) is 5.11 Å². The summed E-state index contributed by atoms with van der Waals surface area (Å²) in [6.07, 6.45) is 0.287. The molecule has 4 heterocycles. The van der Waals surface area contributed by atoms with Crippen LogP contribution in [0, 0.1) is 0 Å². The van der Waals surface area contributed by atoms with Crippen LogP contribution in [0.3, 0.4) is 0 Å². The Kier molecular flexibility index (Phi) is 2.00. The van der Waals surface area contributed by atoms with E-state index in [0.717, 1.165) is 51.0 Å². The standard InChI is InChI=1S/C9H16N4O2/c14-9(15)1-2-13-6-10-3-11(7-13)5-12(4-10)8-13/h1-8H2/p+1. The fourth-order valence-electron chi connectivity index (χ4n) is 3.20. The van der Waals surface area contributed by atoms with Gasteiger partial charge in [0, 0.05) is 0 Å². The molecule has 4 bridgehead atoms. The van der Waals surface area contributed by atoms with Crippen LogP contribution in [0.2, 0.25) is 0 Å². The van der Waals surface area contributed by atoms with Gasteiger partial charge in [-0.2, -0.15) is 0 Å². The Morgan fingerprint density at radius 1 is 1.07 bits per heavy atom. The molecule has 6 nitrogen and oxygen atoms in total. The highest BCUT2D eigenvalue weighted by Gasteiger charge is 2.48. The molecule has 4 aliphatic heterocycles. The third kappa shape index (κ3) is 1.63. The minimum atomic E-state index is -0.677. The number of carbonyl (C=O) groups is 1. The quantitative estimate of drug-likeness (QED) is 0.607. The van der Waals surface area contributed by atoms with Crippen molar-refractivity contribution in [2.24, 2.45) is 0 Å². The number of aliphatic carboxylic acids is 1. The van der Waals surface area contributed by atoms with Crippen LogP contribution in [0.4, 0.5) is 0 Å². The Bertz CT molecular complexity index is 259. The van der Waals surface area contributed by atoms with Crippen LogP contribution in [0.5, 0.6) is 0 Å². The van der Waals surface area contributed by atoms with E-state index in [0.29, 0.717) is 0 Å². The van der Waals surface area contributed by atoms with E-state index in [1.807, 2.05) is 0 Å². The molecule has 1 N–H and O–H groups in total. The Morgan fingerprint density at radius 3 is 1.93 bits per heavy atom. The molecule has 6 heteroatoms. The van der Waals surface area contributed by atoms with Crippen molar-refractivity contribution < 1.29 is 14.4 Å². The highest BCUT2D eigenvalue weighted by Crippen LogP contribution is 2.28. The van der Waals surface area contributed by atoms with Crippen molar-refractivity contribution in [3.05, 3.63) is 0 Å². The summed E-state index contributed by atoms with van der Waals surface area (Å²) in [7, 11) is 0. The number of hydrogen-bond acceptors (Lipinski definition) is 4. The molecule has 0 aromatic heterocycles. The molecule has 4 fully saturated rings. The Balaban J connectivity index is 1.72. The van der Waals surface area contributed by atoms with Crippen molar-refractivity contribution in [2.45, 2.75) is 6.42 Å². The molecule has 84 valence electrons. The number of hydrogen-bond donors (Lipinski definition) is 1. The predicted octanol–water partition coefficient (Wildman–Crippen LogP) is -1.03. The number of carboxylic acid groups (broad SMARTS) is 1. The van der Waals surface area contributed by atoms with Gasteiger partial charge < -0.3 is 5.11 Å². The first-order valence-corrected chi connectivity index (χ1v) is 5.39. The van der Waals surface area contributed by atoms with E-state index < -0.39 is 5.97 Å². The zero-order chi connectivity index (χ0) is 10.5. The van der Waals surface area contributed by atoms with E-state index in [1.165, 1.54) is 0 Å². The van der Waals surface area contributed by atoms with E-state index in [1.54, 1.807) is 0 Å². The molecule has 4 aliphatic rings. The van der Waals surface area contributed by atoms with Crippen molar-refractivity contribution in [2.75, 3.05) is 46.6 Å². The maximum absolute atomic E-state index is 10.6. The maximum Gasteiger partial charge on any atom is 0.309 e. The topological polar surface area (TPSA) is 47.0 Å². The summed E-state index contributed by atoms with van der Waals surface area (Å²) < 4.78 is 0.923. The molecule has 0 saturated carbocycles. The number of rotatable bonds is 3. The summed E-state index contributed by atoms with van der Waals surface area (Å²) in [6, 6.07) is 0. The summed E-state index contributed by atoms with van der Waals surface area (Å²) in [6.45, 7) is 7.02. The molecule has 4 saturated heterocycles. The van der Waals surface area contributed by atoms with Crippen molar-refractivity contribution in [1.82, 2.24) is 14.7 Å². The fourth-order valence-corrected chi connectivity index (χ4v) is 3.20. The lowest BCUT2D eigenvalue weighted by Crippen LogP contribution is -2.79. The van der Waals surface area contributed by atoms with Gasteiger partial charge in [-0.15, -0.1) is 0 Å². The van der Waals surface area contributed by atoms with Gasteiger partial charge in [-0.3, -0.25) is 9.28 Å². The molecule has 0 spiro atoms. The Hall–Kier alpha value is -0.690. The third-order valence-electron chi connectivity index (χ3n) is 3.50. The van der Waals surface area contributed by atoms with Gasteiger partial charge in [-0.25, -0.2) is 14.7 Å². The van der Waals surface area contributed by atoms with Gasteiger partial charge in [-0.05, 0) is 0 Å². The minimum absolute atomic E-state index is 0.287. The zero-order valence-corrected chi connectivity index (χ0v) is 8.80. The van der Waals surface area contributed by atoms with Gasteiger partial charge >= 0.3 is 5.97 Å². The summed E-state index contributed by atoms with van der Waals surface area (Å²) in [5.41, 5.74) is 0. The van der Waals surface area contributed by atoms with Crippen LogP contribution in [-0.2, 0) is 4.79 Å². The second kappa shape index (κ2) is 3.15. The van der Waals surface area contributed by atoms with Gasteiger partial charge in [0.2, 0.25) is 0 Å². The molecule has 0 amide bonds. The molecule has 15 heavy (non-hydrogen) atoms. The first-order valence-electron chi connectivity index (χ1n) is 5.39. The zero-order valence-electron chi connectivity index (χ0n) is 8.80. The second-order valence-electron chi connectivity index (χ2n) is 5.07. The number of carboxylic acids is 1.